The molecule has 0 rings (SSSR count). The molecule has 0 heterocycles. The van der Waals surface area contributed by atoms with Crippen LogP contribution in [0, 0.1) is 0 Å². The summed E-state index contributed by atoms with van der Waals surface area (Å²) in [4.78, 5) is 0. The van der Waals surface area contributed by atoms with Crippen molar-refractivity contribution in [1.29, 1.82) is 0 Å². The first-order chi connectivity index (χ1) is 6.74. The maximum Gasteiger partial charge on any atom is 0.0678 e. The molecule has 1 nitrogen and oxygen atoms in total. The molecule has 0 saturated carbocycles. The molecule has 0 amide bonds. The van der Waals surface area contributed by atoms with E-state index in [0.29, 0.717) is 0 Å². The lowest BCUT2D eigenvalue weighted by Gasteiger charge is -2.32. The molecule has 14 heavy (non-hydrogen) atoms. The van der Waals surface area contributed by atoms with Gasteiger partial charge in [0, 0.05) is 7.11 Å². The molecular formula is C13H28O. The molecule has 1 heteroatoms. The lowest BCUT2D eigenvalue weighted by Crippen LogP contribution is -2.31. The van der Waals surface area contributed by atoms with Gasteiger partial charge in [-0.15, -0.1) is 0 Å². The minimum absolute atomic E-state index is 0.195. The van der Waals surface area contributed by atoms with Crippen molar-refractivity contribution in [1.82, 2.24) is 0 Å². The number of unbranched alkanes of at least 4 members (excludes halogenated alkanes) is 2. The molecule has 0 atom stereocenters. The maximum absolute atomic E-state index is 5.78. The van der Waals surface area contributed by atoms with Gasteiger partial charge in [0.05, 0.1) is 5.60 Å². The fourth-order valence-corrected chi connectivity index (χ4v) is 2.13. The molecule has 0 aliphatic heterocycles. The third kappa shape index (κ3) is 4.99. The molecule has 0 aromatic rings. The van der Waals surface area contributed by atoms with E-state index in [1.165, 1.54) is 51.4 Å². The van der Waals surface area contributed by atoms with Crippen molar-refractivity contribution in [3.05, 3.63) is 0 Å². The highest BCUT2D eigenvalue weighted by molar-refractivity contribution is 4.79. The van der Waals surface area contributed by atoms with Gasteiger partial charge < -0.3 is 4.74 Å². The summed E-state index contributed by atoms with van der Waals surface area (Å²) >= 11 is 0. The molecule has 0 N–H and O–H groups in total. The van der Waals surface area contributed by atoms with E-state index in [9.17, 15) is 0 Å². The quantitative estimate of drug-likeness (QED) is 0.530. The van der Waals surface area contributed by atoms with E-state index in [1.54, 1.807) is 0 Å². The SMILES string of the molecule is CCCCC(CCC)(CCCC)OC. The highest BCUT2D eigenvalue weighted by Crippen LogP contribution is 2.30. The van der Waals surface area contributed by atoms with Crippen LogP contribution in [0.4, 0.5) is 0 Å². The Morgan fingerprint density at radius 3 is 1.57 bits per heavy atom. The Labute approximate surface area is 90.2 Å². The molecule has 0 radical (unpaired) electrons. The standard InChI is InChI=1S/C13H28O/c1-5-8-11-13(14-4,10-7-3)12-9-6-2/h5-12H2,1-4H3. The lowest BCUT2D eigenvalue weighted by atomic mass is 9.86. The van der Waals surface area contributed by atoms with Gasteiger partial charge in [0.25, 0.3) is 0 Å². The second-order valence-corrected chi connectivity index (χ2v) is 4.34. The predicted octanol–water partition coefficient (Wildman–Crippen LogP) is 4.55. The minimum Gasteiger partial charge on any atom is -0.378 e. The Kier molecular flexibility index (Phi) is 8.26. The Morgan fingerprint density at radius 1 is 0.786 bits per heavy atom. The Morgan fingerprint density at radius 2 is 1.29 bits per heavy atom. The fourth-order valence-electron chi connectivity index (χ4n) is 2.13. The molecule has 0 spiro atoms. The summed E-state index contributed by atoms with van der Waals surface area (Å²) in [6, 6.07) is 0. The molecule has 0 aliphatic rings. The van der Waals surface area contributed by atoms with Crippen molar-refractivity contribution in [3.63, 3.8) is 0 Å². The molecule has 0 fully saturated rings. The van der Waals surface area contributed by atoms with Crippen LogP contribution in [-0.4, -0.2) is 12.7 Å². The minimum atomic E-state index is 0.195. The van der Waals surface area contributed by atoms with E-state index in [1.807, 2.05) is 7.11 Å². The summed E-state index contributed by atoms with van der Waals surface area (Å²) < 4.78 is 5.78. The average Bonchev–Trinajstić information content (AvgIpc) is 2.22. The summed E-state index contributed by atoms with van der Waals surface area (Å²) in [6.45, 7) is 6.77. The van der Waals surface area contributed by atoms with Crippen LogP contribution in [0.3, 0.4) is 0 Å². The smallest absolute Gasteiger partial charge is 0.0678 e. The third-order valence-electron chi connectivity index (χ3n) is 3.11. The molecule has 0 unspecified atom stereocenters. The van der Waals surface area contributed by atoms with E-state index in [0.717, 1.165) is 0 Å². The summed E-state index contributed by atoms with van der Waals surface area (Å²) in [5.41, 5.74) is 0.195. The maximum atomic E-state index is 5.78. The van der Waals surface area contributed by atoms with Crippen molar-refractivity contribution in [2.45, 2.75) is 77.7 Å². The second kappa shape index (κ2) is 8.28. The first-order valence-electron chi connectivity index (χ1n) is 6.29. The Balaban J connectivity index is 4.11. The lowest BCUT2D eigenvalue weighted by molar-refractivity contribution is -0.0347. The number of hydrogen-bond acceptors (Lipinski definition) is 1. The van der Waals surface area contributed by atoms with Crippen LogP contribution in [-0.2, 0) is 4.74 Å². The Hall–Kier alpha value is -0.0400. The van der Waals surface area contributed by atoms with Gasteiger partial charge >= 0.3 is 0 Å². The number of rotatable bonds is 9. The fraction of sp³-hybridized carbons (Fsp3) is 1.00. The normalized spacial score (nSPS) is 12.0. The monoisotopic (exact) mass is 200 g/mol. The van der Waals surface area contributed by atoms with Gasteiger partial charge in [-0.25, -0.2) is 0 Å². The van der Waals surface area contributed by atoms with Crippen LogP contribution in [0.5, 0.6) is 0 Å². The van der Waals surface area contributed by atoms with E-state index in [-0.39, 0.29) is 5.60 Å². The second-order valence-electron chi connectivity index (χ2n) is 4.34. The predicted molar refractivity (Wildman–Crippen MR) is 63.7 cm³/mol. The summed E-state index contributed by atoms with van der Waals surface area (Å²) in [5, 5.41) is 0. The largest absolute Gasteiger partial charge is 0.378 e. The summed E-state index contributed by atoms with van der Waals surface area (Å²) in [5.74, 6) is 0. The van der Waals surface area contributed by atoms with E-state index in [4.69, 9.17) is 4.74 Å². The topological polar surface area (TPSA) is 9.23 Å². The molecule has 86 valence electrons. The highest BCUT2D eigenvalue weighted by Gasteiger charge is 2.26. The van der Waals surface area contributed by atoms with Gasteiger partial charge in [-0.1, -0.05) is 52.9 Å². The van der Waals surface area contributed by atoms with Crippen LogP contribution in [0.1, 0.15) is 72.1 Å². The molecule has 0 saturated heterocycles. The molecule has 0 aromatic carbocycles. The highest BCUT2D eigenvalue weighted by atomic mass is 16.5. The van der Waals surface area contributed by atoms with Gasteiger partial charge in [0.2, 0.25) is 0 Å². The van der Waals surface area contributed by atoms with E-state index < -0.39 is 0 Å². The third-order valence-corrected chi connectivity index (χ3v) is 3.11. The zero-order chi connectivity index (χ0) is 10.9. The van der Waals surface area contributed by atoms with Crippen molar-refractivity contribution < 1.29 is 4.74 Å². The van der Waals surface area contributed by atoms with Gasteiger partial charge in [-0.2, -0.15) is 0 Å². The number of ether oxygens (including phenoxy) is 1. The van der Waals surface area contributed by atoms with Crippen LogP contribution >= 0.6 is 0 Å². The van der Waals surface area contributed by atoms with Gasteiger partial charge in [-0.05, 0) is 19.3 Å². The van der Waals surface area contributed by atoms with Gasteiger partial charge in [-0.3, -0.25) is 0 Å². The van der Waals surface area contributed by atoms with E-state index >= 15 is 0 Å². The van der Waals surface area contributed by atoms with Gasteiger partial charge in [0.15, 0.2) is 0 Å². The first kappa shape index (κ1) is 14.0. The average molecular weight is 200 g/mol. The van der Waals surface area contributed by atoms with Crippen molar-refractivity contribution in [2.75, 3.05) is 7.11 Å². The van der Waals surface area contributed by atoms with Crippen molar-refractivity contribution in [3.8, 4) is 0 Å². The zero-order valence-corrected chi connectivity index (χ0v) is 10.6. The number of hydrogen-bond donors (Lipinski definition) is 0. The molecule has 0 aromatic heterocycles. The molecule has 0 bridgehead atoms. The van der Waals surface area contributed by atoms with Crippen LogP contribution in [0.15, 0.2) is 0 Å². The zero-order valence-electron chi connectivity index (χ0n) is 10.6. The van der Waals surface area contributed by atoms with Gasteiger partial charge in [0.1, 0.15) is 0 Å². The summed E-state index contributed by atoms with van der Waals surface area (Å²) in [6.07, 6.45) is 10.1. The van der Waals surface area contributed by atoms with Crippen LogP contribution in [0.2, 0.25) is 0 Å². The van der Waals surface area contributed by atoms with Crippen molar-refractivity contribution in [2.24, 2.45) is 0 Å². The number of methoxy groups -OCH3 is 1. The van der Waals surface area contributed by atoms with Crippen LogP contribution in [0.25, 0.3) is 0 Å². The van der Waals surface area contributed by atoms with E-state index in [2.05, 4.69) is 20.8 Å². The Bertz CT molecular complexity index is 112. The first-order valence-corrected chi connectivity index (χ1v) is 6.29. The molecule has 0 aliphatic carbocycles. The van der Waals surface area contributed by atoms with Crippen LogP contribution < -0.4 is 0 Å². The van der Waals surface area contributed by atoms with Crippen molar-refractivity contribution >= 4 is 0 Å². The molecular weight excluding hydrogens is 172 g/mol. The summed E-state index contributed by atoms with van der Waals surface area (Å²) in [7, 11) is 1.89.